The number of nitrogens with one attached hydrogen (secondary N) is 1. The minimum absolute atomic E-state index is 0.0226. The molecular formula is C15H21N5O. The van der Waals surface area contributed by atoms with E-state index >= 15 is 0 Å². The van der Waals surface area contributed by atoms with E-state index in [9.17, 15) is 4.79 Å². The second kappa shape index (κ2) is 6.97. The predicted molar refractivity (Wildman–Crippen MR) is 79.8 cm³/mol. The van der Waals surface area contributed by atoms with E-state index in [1.807, 2.05) is 32.9 Å². The molecule has 0 fully saturated rings. The van der Waals surface area contributed by atoms with Crippen LogP contribution < -0.4 is 5.32 Å². The third-order valence-corrected chi connectivity index (χ3v) is 3.21. The van der Waals surface area contributed by atoms with Crippen LogP contribution in [0.5, 0.6) is 0 Å². The van der Waals surface area contributed by atoms with Crippen molar-refractivity contribution in [1.29, 1.82) is 0 Å². The van der Waals surface area contributed by atoms with Gasteiger partial charge in [-0.2, -0.15) is 5.10 Å². The summed E-state index contributed by atoms with van der Waals surface area (Å²) in [7, 11) is 0. The molecule has 1 amide bonds. The maximum Gasteiger partial charge on any atom is 0.244 e. The first kappa shape index (κ1) is 15.2. The van der Waals surface area contributed by atoms with Crippen molar-refractivity contribution in [1.82, 2.24) is 25.1 Å². The molecule has 21 heavy (non-hydrogen) atoms. The highest BCUT2D eigenvalue weighted by Gasteiger charge is 2.17. The lowest BCUT2D eigenvalue weighted by Gasteiger charge is -2.15. The molecule has 0 unspecified atom stereocenters. The SMILES string of the molecule is CC[C@H](C(=O)NCCc1nc(C)cc(C)n1)n1cccn1. The molecule has 0 aliphatic heterocycles. The number of aryl methyl sites for hydroxylation is 2. The summed E-state index contributed by atoms with van der Waals surface area (Å²) in [5.41, 5.74) is 1.90. The Morgan fingerprint density at radius 2 is 2.05 bits per heavy atom. The highest BCUT2D eigenvalue weighted by atomic mass is 16.2. The summed E-state index contributed by atoms with van der Waals surface area (Å²) in [6, 6.07) is 3.49. The summed E-state index contributed by atoms with van der Waals surface area (Å²) in [5, 5.41) is 7.06. The van der Waals surface area contributed by atoms with E-state index in [1.165, 1.54) is 0 Å². The molecule has 2 aromatic heterocycles. The van der Waals surface area contributed by atoms with Crippen LogP contribution in [0.3, 0.4) is 0 Å². The zero-order valence-electron chi connectivity index (χ0n) is 12.7. The molecule has 0 aromatic carbocycles. The van der Waals surface area contributed by atoms with E-state index < -0.39 is 0 Å². The molecule has 2 rings (SSSR count). The van der Waals surface area contributed by atoms with E-state index in [1.54, 1.807) is 17.1 Å². The topological polar surface area (TPSA) is 72.7 Å². The van der Waals surface area contributed by atoms with Crippen molar-refractivity contribution in [2.45, 2.75) is 39.7 Å². The van der Waals surface area contributed by atoms with E-state index in [0.717, 1.165) is 17.2 Å². The molecule has 1 N–H and O–H groups in total. The van der Waals surface area contributed by atoms with Crippen LogP contribution in [-0.4, -0.2) is 32.2 Å². The zero-order chi connectivity index (χ0) is 15.2. The molecule has 112 valence electrons. The first-order chi connectivity index (χ1) is 10.1. The highest BCUT2D eigenvalue weighted by Crippen LogP contribution is 2.09. The van der Waals surface area contributed by atoms with Crippen LogP contribution in [0.15, 0.2) is 24.5 Å². The Balaban J connectivity index is 1.89. The molecule has 0 bridgehead atoms. The Morgan fingerprint density at radius 1 is 1.33 bits per heavy atom. The minimum atomic E-state index is -0.264. The standard InChI is InChI=1S/C15H21N5O/c1-4-13(20-9-5-7-17-20)15(21)16-8-6-14-18-11(2)10-12(3)19-14/h5,7,9-10,13H,4,6,8H2,1-3H3,(H,16,21)/t13-/m1/s1. The van der Waals surface area contributed by atoms with Crippen LogP contribution in [0.25, 0.3) is 0 Å². The Hall–Kier alpha value is -2.24. The Morgan fingerprint density at radius 3 is 2.62 bits per heavy atom. The molecule has 0 saturated carbocycles. The van der Waals surface area contributed by atoms with Gasteiger partial charge in [-0.25, -0.2) is 9.97 Å². The number of hydrogen-bond acceptors (Lipinski definition) is 4. The molecule has 0 spiro atoms. The van der Waals surface area contributed by atoms with Crippen molar-refractivity contribution in [2.24, 2.45) is 0 Å². The second-order valence-corrected chi connectivity index (χ2v) is 5.02. The van der Waals surface area contributed by atoms with Crippen LogP contribution >= 0.6 is 0 Å². The van der Waals surface area contributed by atoms with Crippen LogP contribution in [0.2, 0.25) is 0 Å². The van der Waals surface area contributed by atoms with E-state index in [0.29, 0.717) is 19.4 Å². The molecule has 2 aromatic rings. The lowest BCUT2D eigenvalue weighted by atomic mass is 10.2. The van der Waals surface area contributed by atoms with Gasteiger partial charge in [0.25, 0.3) is 0 Å². The maximum absolute atomic E-state index is 12.2. The quantitative estimate of drug-likeness (QED) is 0.876. The molecule has 6 heteroatoms. The van der Waals surface area contributed by atoms with Crippen molar-refractivity contribution in [3.63, 3.8) is 0 Å². The normalized spacial score (nSPS) is 12.1. The number of carbonyl (C=O) groups is 1. The average molecular weight is 287 g/mol. The van der Waals surface area contributed by atoms with Crippen molar-refractivity contribution in [3.8, 4) is 0 Å². The summed E-state index contributed by atoms with van der Waals surface area (Å²) >= 11 is 0. The highest BCUT2D eigenvalue weighted by molar-refractivity contribution is 5.80. The predicted octanol–water partition coefficient (Wildman–Crippen LogP) is 1.60. The van der Waals surface area contributed by atoms with Crippen LogP contribution in [0.1, 0.15) is 36.6 Å². The summed E-state index contributed by atoms with van der Waals surface area (Å²) in [6.45, 7) is 6.39. The summed E-state index contributed by atoms with van der Waals surface area (Å²) < 4.78 is 1.68. The third-order valence-electron chi connectivity index (χ3n) is 3.21. The van der Waals surface area contributed by atoms with Crippen molar-refractivity contribution in [2.75, 3.05) is 6.54 Å². The van der Waals surface area contributed by atoms with Crippen molar-refractivity contribution in [3.05, 3.63) is 41.7 Å². The maximum atomic E-state index is 12.2. The first-order valence-electron chi connectivity index (χ1n) is 7.18. The van der Waals surface area contributed by atoms with E-state index in [2.05, 4.69) is 20.4 Å². The number of amides is 1. The third kappa shape index (κ3) is 4.11. The fourth-order valence-electron chi connectivity index (χ4n) is 2.28. The molecule has 2 heterocycles. The number of rotatable bonds is 6. The fourth-order valence-corrected chi connectivity index (χ4v) is 2.28. The molecular weight excluding hydrogens is 266 g/mol. The molecule has 0 saturated heterocycles. The van der Waals surface area contributed by atoms with Gasteiger partial charge in [0.2, 0.25) is 5.91 Å². The lowest BCUT2D eigenvalue weighted by Crippen LogP contribution is -2.34. The van der Waals surface area contributed by atoms with Crippen LogP contribution in [-0.2, 0) is 11.2 Å². The van der Waals surface area contributed by atoms with Crippen LogP contribution in [0.4, 0.5) is 0 Å². The number of nitrogens with zero attached hydrogens (tertiary/aromatic N) is 4. The fraction of sp³-hybridized carbons (Fsp3) is 0.467. The molecule has 0 aliphatic carbocycles. The Kier molecular flexibility index (Phi) is 5.03. The van der Waals surface area contributed by atoms with Gasteiger partial charge >= 0.3 is 0 Å². The minimum Gasteiger partial charge on any atom is -0.354 e. The van der Waals surface area contributed by atoms with Gasteiger partial charge in [0, 0.05) is 36.7 Å². The second-order valence-electron chi connectivity index (χ2n) is 5.02. The van der Waals surface area contributed by atoms with Gasteiger partial charge in [-0.05, 0) is 32.4 Å². The summed E-state index contributed by atoms with van der Waals surface area (Å²) in [5.74, 6) is 0.741. The van der Waals surface area contributed by atoms with Crippen molar-refractivity contribution < 1.29 is 4.79 Å². The Labute approximate surface area is 124 Å². The summed E-state index contributed by atoms with van der Waals surface area (Å²) in [4.78, 5) is 20.9. The van der Waals surface area contributed by atoms with Gasteiger partial charge in [-0.1, -0.05) is 6.92 Å². The number of hydrogen-bond donors (Lipinski definition) is 1. The van der Waals surface area contributed by atoms with E-state index in [4.69, 9.17) is 0 Å². The number of aromatic nitrogens is 4. The monoisotopic (exact) mass is 287 g/mol. The average Bonchev–Trinajstić information content (AvgIpc) is 2.92. The molecule has 0 radical (unpaired) electrons. The molecule has 1 atom stereocenters. The van der Waals surface area contributed by atoms with Gasteiger partial charge in [-0.3, -0.25) is 9.48 Å². The molecule has 0 aliphatic rings. The van der Waals surface area contributed by atoms with Gasteiger partial charge < -0.3 is 5.32 Å². The smallest absolute Gasteiger partial charge is 0.244 e. The lowest BCUT2D eigenvalue weighted by molar-refractivity contribution is -0.124. The van der Waals surface area contributed by atoms with Crippen LogP contribution in [0, 0.1) is 13.8 Å². The Bertz CT molecular complexity index is 574. The van der Waals surface area contributed by atoms with Gasteiger partial charge in [-0.15, -0.1) is 0 Å². The largest absolute Gasteiger partial charge is 0.354 e. The first-order valence-corrected chi connectivity index (χ1v) is 7.18. The number of carbonyl (C=O) groups excluding carboxylic acids is 1. The van der Waals surface area contributed by atoms with Crippen molar-refractivity contribution >= 4 is 5.91 Å². The van der Waals surface area contributed by atoms with E-state index in [-0.39, 0.29) is 11.9 Å². The summed E-state index contributed by atoms with van der Waals surface area (Å²) in [6.07, 6.45) is 4.82. The van der Waals surface area contributed by atoms with Gasteiger partial charge in [0.1, 0.15) is 11.9 Å². The molecule has 6 nitrogen and oxygen atoms in total. The zero-order valence-corrected chi connectivity index (χ0v) is 12.7. The van der Waals surface area contributed by atoms with Gasteiger partial charge in [0.05, 0.1) is 0 Å². The van der Waals surface area contributed by atoms with Gasteiger partial charge in [0.15, 0.2) is 0 Å².